The molecule has 0 atom stereocenters. The fourth-order valence-electron chi connectivity index (χ4n) is 2.72. The van der Waals surface area contributed by atoms with Crippen molar-refractivity contribution in [3.8, 4) is 5.75 Å². The summed E-state index contributed by atoms with van der Waals surface area (Å²) in [6.07, 6.45) is 1.90. The van der Waals surface area contributed by atoms with Gasteiger partial charge >= 0.3 is 0 Å². The van der Waals surface area contributed by atoms with Crippen molar-refractivity contribution < 1.29 is 9.53 Å². The van der Waals surface area contributed by atoms with Crippen LogP contribution in [0.2, 0.25) is 0 Å². The second-order valence-electron chi connectivity index (χ2n) is 5.02. The Labute approximate surface area is 109 Å². The van der Waals surface area contributed by atoms with Gasteiger partial charge in [-0.05, 0) is 63.0 Å². The number of carbonyl (C=O) groups excluding carboxylic acids is 1. The number of methoxy groups -OCH3 is 1. The van der Waals surface area contributed by atoms with E-state index in [4.69, 9.17) is 4.74 Å². The number of ether oxygens (including phenoxy) is 1. The van der Waals surface area contributed by atoms with E-state index in [9.17, 15) is 4.79 Å². The molecule has 2 rings (SSSR count). The molecule has 3 heteroatoms. The van der Waals surface area contributed by atoms with E-state index in [0.717, 1.165) is 48.4 Å². The molecule has 0 radical (unpaired) electrons. The number of hydrogen-bond donors (Lipinski definition) is 1. The first-order valence-corrected chi connectivity index (χ1v) is 6.53. The van der Waals surface area contributed by atoms with Crippen LogP contribution in [0.15, 0.2) is 12.1 Å². The monoisotopic (exact) mass is 247 g/mol. The summed E-state index contributed by atoms with van der Waals surface area (Å²) in [6.45, 7) is 5.88. The standard InChI is InChI=1S/C15H21NO2/c1-10-8-13(18-3)9-11(2)14(10)15(17)12-4-6-16-7-5-12/h8-9,12,16H,4-7H2,1-3H3. The average Bonchev–Trinajstić information content (AvgIpc) is 2.38. The zero-order valence-electron chi connectivity index (χ0n) is 11.4. The van der Waals surface area contributed by atoms with Crippen LogP contribution in [0.25, 0.3) is 0 Å². The van der Waals surface area contributed by atoms with Crippen molar-refractivity contribution in [1.82, 2.24) is 5.32 Å². The summed E-state index contributed by atoms with van der Waals surface area (Å²) in [4.78, 5) is 12.6. The lowest BCUT2D eigenvalue weighted by Crippen LogP contribution is -2.32. The molecular formula is C15H21NO2. The highest BCUT2D eigenvalue weighted by molar-refractivity contribution is 6.00. The largest absolute Gasteiger partial charge is 0.497 e. The van der Waals surface area contributed by atoms with Gasteiger partial charge in [-0.2, -0.15) is 0 Å². The van der Waals surface area contributed by atoms with Crippen LogP contribution in [-0.2, 0) is 0 Å². The van der Waals surface area contributed by atoms with E-state index in [1.165, 1.54) is 0 Å². The summed E-state index contributed by atoms with van der Waals surface area (Å²) < 4.78 is 5.23. The Morgan fingerprint density at radius 3 is 2.28 bits per heavy atom. The van der Waals surface area contributed by atoms with Gasteiger partial charge in [-0.3, -0.25) is 4.79 Å². The minimum Gasteiger partial charge on any atom is -0.497 e. The van der Waals surface area contributed by atoms with Crippen LogP contribution in [0.1, 0.15) is 34.3 Å². The highest BCUT2D eigenvalue weighted by atomic mass is 16.5. The first kappa shape index (κ1) is 13.1. The van der Waals surface area contributed by atoms with Crippen molar-refractivity contribution in [1.29, 1.82) is 0 Å². The molecule has 0 bridgehead atoms. The number of aryl methyl sites for hydroxylation is 2. The van der Waals surface area contributed by atoms with Crippen molar-refractivity contribution in [3.05, 3.63) is 28.8 Å². The maximum absolute atomic E-state index is 12.6. The van der Waals surface area contributed by atoms with Crippen LogP contribution in [0.3, 0.4) is 0 Å². The Kier molecular flexibility index (Phi) is 4.02. The Morgan fingerprint density at radius 1 is 1.22 bits per heavy atom. The van der Waals surface area contributed by atoms with Gasteiger partial charge in [0.05, 0.1) is 7.11 Å². The number of carbonyl (C=O) groups is 1. The van der Waals surface area contributed by atoms with Gasteiger partial charge < -0.3 is 10.1 Å². The number of Topliss-reactive ketones (excluding diaryl/α,β-unsaturated/α-hetero) is 1. The number of nitrogens with one attached hydrogen (secondary N) is 1. The van der Waals surface area contributed by atoms with Gasteiger partial charge in [0.15, 0.2) is 5.78 Å². The zero-order valence-corrected chi connectivity index (χ0v) is 11.4. The molecule has 1 N–H and O–H groups in total. The summed E-state index contributed by atoms with van der Waals surface area (Å²) >= 11 is 0. The van der Waals surface area contributed by atoms with E-state index >= 15 is 0 Å². The van der Waals surface area contributed by atoms with Gasteiger partial charge in [-0.15, -0.1) is 0 Å². The fraction of sp³-hybridized carbons (Fsp3) is 0.533. The molecule has 98 valence electrons. The summed E-state index contributed by atoms with van der Waals surface area (Å²) in [6, 6.07) is 3.89. The van der Waals surface area contributed by atoms with E-state index in [1.807, 2.05) is 26.0 Å². The molecule has 1 aromatic carbocycles. The van der Waals surface area contributed by atoms with Crippen LogP contribution < -0.4 is 10.1 Å². The van der Waals surface area contributed by atoms with Crippen molar-refractivity contribution in [3.63, 3.8) is 0 Å². The summed E-state index contributed by atoms with van der Waals surface area (Å²) in [5.41, 5.74) is 2.94. The maximum atomic E-state index is 12.6. The quantitative estimate of drug-likeness (QED) is 0.834. The van der Waals surface area contributed by atoms with E-state index in [-0.39, 0.29) is 5.92 Å². The van der Waals surface area contributed by atoms with Crippen LogP contribution in [0.5, 0.6) is 5.75 Å². The number of benzene rings is 1. The molecule has 0 spiro atoms. The normalized spacial score (nSPS) is 16.6. The lowest BCUT2D eigenvalue weighted by Gasteiger charge is -2.23. The SMILES string of the molecule is COc1cc(C)c(C(=O)C2CCNCC2)c(C)c1. The molecule has 1 heterocycles. The topological polar surface area (TPSA) is 38.3 Å². The minimum atomic E-state index is 0.178. The van der Waals surface area contributed by atoms with Crippen LogP contribution in [-0.4, -0.2) is 26.0 Å². The van der Waals surface area contributed by atoms with Gasteiger partial charge in [0, 0.05) is 11.5 Å². The molecule has 18 heavy (non-hydrogen) atoms. The van der Waals surface area contributed by atoms with Crippen LogP contribution in [0.4, 0.5) is 0 Å². The maximum Gasteiger partial charge on any atom is 0.166 e. The van der Waals surface area contributed by atoms with Crippen LogP contribution >= 0.6 is 0 Å². The van der Waals surface area contributed by atoms with Crippen molar-refractivity contribution in [2.45, 2.75) is 26.7 Å². The first-order valence-electron chi connectivity index (χ1n) is 6.53. The Hall–Kier alpha value is -1.35. The minimum absolute atomic E-state index is 0.178. The molecule has 0 saturated carbocycles. The number of hydrogen-bond acceptors (Lipinski definition) is 3. The molecule has 0 aliphatic carbocycles. The number of rotatable bonds is 3. The summed E-state index contributed by atoms with van der Waals surface area (Å²) in [5.74, 6) is 1.30. The average molecular weight is 247 g/mol. The third-order valence-corrected chi connectivity index (χ3v) is 3.70. The zero-order chi connectivity index (χ0) is 13.1. The number of piperidine rings is 1. The molecule has 1 aliphatic rings. The van der Waals surface area contributed by atoms with E-state index in [1.54, 1.807) is 7.11 Å². The van der Waals surface area contributed by atoms with Crippen molar-refractivity contribution in [2.75, 3.05) is 20.2 Å². The van der Waals surface area contributed by atoms with Gasteiger partial charge in [0.2, 0.25) is 0 Å². The van der Waals surface area contributed by atoms with Gasteiger partial charge in [0.25, 0.3) is 0 Å². The molecule has 0 aromatic heterocycles. The molecule has 3 nitrogen and oxygen atoms in total. The van der Waals surface area contributed by atoms with Gasteiger partial charge in [-0.1, -0.05) is 0 Å². The lowest BCUT2D eigenvalue weighted by molar-refractivity contribution is 0.0894. The lowest BCUT2D eigenvalue weighted by atomic mass is 9.86. The van der Waals surface area contributed by atoms with Crippen molar-refractivity contribution >= 4 is 5.78 Å². The summed E-state index contributed by atoms with van der Waals surface area (Å²) in [5, 5.41) is 3.30. The molecule has 1 fully saturated rings. The number of ketones is 1. The fourth-order valence-corrected chi connectivity index (χ4v) is 2.72. The Balaban J connectivity index is 2.29. The van der Waals surface area contributed by atoms with E-state index in [2.05, 4.69) is 5.32 Å². The molecular weight excluding hydrogens is 226 g/mol. The second-order valence-corrected chi connectivity index (χ2v) is 5.02. The molecule has 0 amide bonds. The van der Waals surface area contributed by atoms with Crippen molar-refractivity contribution in [2.24, 2.45) is 5.92 Å². The third kappa shape index (κ3) is 2.56. The van der Waals surface area contributed by atoms with E-state index in [0.29, 0.717) is 5.78 Å². The van der Waals surface area contributed by atoms with Gasteiger partial charge in [0.1, 0.15) is 5.75 Å². The highest BCUT2D eigenvalue weighted by Gasteiger charge is 2.24. The third-order valence-electron chi connectivity index (χ3n) is 3.70. The van der Waals surface area contributed by atoms with Crippen LogP contribution in [0, 0.1) is 19.8 Å². The predicted molar refractivity (Wildman–Crippen MR) is 72.4 cm³/mol. The molecule has 1 aliphatic heterocycles. The van der Waals surface area contributed by atoms with Gasteiger partial charge in [-0.25, -0.2) is 0 Å². The Bertz CT molecular complexity index is 425. The summed E-state index contributed by atoms with van der Waals surface area (Å²) in [7, 11) is 1.66. The highest BCUT2D eigenvalue weighted by Crippen LogP contribution is 2.26. The molecule has 1 saturated heterocycles. The second kappa shape index (κ2) is 5.53. The molecule has 0 unspecified atom stereocenters. The first-order chi connectivity index (χ1) is 8.63. The Morgan fingerprint density at radius 2 is 1.78 bits per heavy atom. The predicted octanol–water partition coefficient (Wildman–Crippen LogP) is 2.49. The smallest absolute Gasteiger partial charge is 0.166 e. The molecule has 1 aromatic rings. The van der Waals surface area contributed by atoms with E-state index < -0.39 is 0 Å².